The summed E-state index contributed by atoms with van der Waals surface area (Å²) in [6.07, 6.45) is 0. The first kappa shape index (κ1) is 17.9. The van der Waals surface area contributed by atoms with Crippen LogP contribution in [0, 0.1) is 6.92 Å². The summed E-state index contributed by atoms with van der Waals surface area (Å²) in [7, 11) is 0. The second-order valence-electron chi connectivity index (χ2n) is 6.70. The largest absolute Gasteiger partial charge is 0.489 e. The van der Waals surface area contributed by atoms with E-state index in [-0.39, 0.29) is 17.6 Å². The van der Waals surface area contributed by atoms with Gasteiger partial charge in [-0.3, -0.25) is 0 Å². The van der Waals surface area contributed by atoms with E-state index in [9.17, 15) is 4.79 Å². The van der Waals surface area contributed by atoms with Gasteiger partial charge in [0.25, 0.3) is 0 Å². The van der Waals surface area contributed by atoms with Crippen molar-refractivity contribution < 1.29 is 19.4 Å². The molecule has 0 amide bonds. The van der Waals surface area contributed by atoms with Gasteiger partial charge in [0, 0.05) is 0 Å². The number of rotatable bonds is 6. The Balaban J connectivity index is 2.03. The van der Waals surface area contributed by atoms with Crippen molar-refractivity contribution in [1.29, 1.82) is 0 Å². The van der Waals surface area contributed by atoms with Gasteiger partial charge < -0.3 is 14.6 Å². The van der Waals surface area contributed by atoms with E-state index in [1.165, 1.54) is 6.07 Å². The summed E-state index contributed by atoms with van der Waals surface area (Å²) in [5.74, 6) is 0.231. The van der Waals surface area contributed by atoms with Crippen LogP contribution in [-0.2, 0) is 5.41 Å². The maximum Gasteiger partial charge on any atom is 0.339 e. The summed E-state index contributed by atoms with van der Waals surface area (Å²) in [6, 6.07) is 12.7. The first-order valence-electron chi connectivity index (χ1n) is 7.98. The fourth-order valence-electron chi connectivity index (χ4n) is 2.50. The van der Waals surface area contributed by atoms with Crippen LogP contribution in [-0.4, -0.2) is 24.3 Å². The van der Waals surface area contributed by atoms with Gasteiger partial charge in [-0.15, -0.1) is 0 Å². The third-order valence-corrected chi connectivity index (χ3v) is 3.72. The molecule has 2 aromatic carbocycles. The molecular formula is C20H24O4. The third-order valence-electron chi connectivity index (χ3n) is 3.72. The molecule has 0 radical (unpaired) electrons. The van der Waals surface area contributed by atoms with Crippen molar-refractivity contribution in [3.63, 3.8) is 0 Å². The molecule has 1 N–H and O–H groups in total. The second kappa shape index (κ2) is 7.39. The highest BCUT2D eigenvalue weighted by molar-refractivity contribution is 5.90. The van der Waals surface area contributed by atoms with E-state index >= 15 is 0 Å². The fourth-order valence-corrected chi connectivity index (χ4v) is 2.50. The zero-order valence-electron chi connectivity index (χ0n) is 14.6. The molecule has 0 atom stereocenters. The van der Waals surface area contributed by atoms with Crippen LogP contribution in [0.2, 0.25) is 0 Å². The predicted molar refractivity (Wildman–Crippen MR) is 94.3 cm³/mol. The minimum absolute atomic E-state index is 0.0158. The maximum atomic E-state index is 11.2. The Labute approximate surface area is 143 Å². The van der Waals surface area contributed by atoms with Crippen LogP contribution in [0.4, 0.5) is 0 Å². The van der Waals surface area contributed by atoms with Gasteiger partial charge in [0.05, 0.1) is 0 Å². The van der Waals surface area contributed by atoms with Crippen molar-refractivity contribution >= 4 is 5.97 Å². The van der Waals surface area contributed by atoms with Crippen LogP contribution in [0.5, 0.6) is 11.5 Å². The molecule has 0 aliphatic carbocycles. The molecule has 0 heterocycles. The Morgan fingerprint density at radius 1 is 1.00 bits per heavy atom. The van der Waals surface area contributed by atoms with Crippen molar-refractivity contribution in [2.45, 2.75) is 33.1 Å². The van der Waals surface area contributed by atoms with E-state index in [4.69, 9.17) is 14.6 Å². The van der Waals surface area contributed by atoms with E-state index < -0.39 is 5.97 Å². The van der Waals surface area contributed by atoms with Gasteiger partial charge in [0.15, 0.2) is 0 Å². The van der Waals surface area contributed by atoms with Gasteiger partial charge in [0.1, 0.15) is 30.3 Å². The van der Waals surface area contributed by atoms with Crippen LogP contribution in [0.25, 0.3) is 0 Å². The molecule has 4 heteroatoms. The number of aromatic carboxylic acids is 1. The van der Waals surface area contributed by atoms with Gasteiger partial charge in [-0.25, -0.2) is 4.79 Å². The Kier molecular flexibility index (Phi) is 5.50. The average molecular weight is 328 g/mol. The highest BCUT2D eigenvalue weighted by atomic mass is 16.5. The van der Waals surface area contributed by atoms with Gasteiger partial charge in [-0.2, -0.15) is 0 Å². The Morgan fingerprint density at radius 3 is 2.33 bits per heavy atom. The van der Waals surface area contributed by atoms with Crippen molar-refractivity contribution in [3.8, 4) is 11.5 Å². The monoisotopic (exact) mass is 328 g/mol. The minimum Gasteiger partial charge on any atom is -0.489 e. The number of hydrogen-bond donors (Lipinski definition) is 1. The first-order valence-corrected chi connectivity index (χ1v) is 7.98. The lowest BCUT2D eigenvalue weighted by Crippen LogP contribution is -2.17. The molecule has 0 aromatic heterocycles. The molecule has 0 fully saturated rings. The van der Waals surface area contributed by atoms with E-state index in [0.717, 1.165) is 16.9 Å². The number of carboxylic acids is 1. The Morgan fingerprint density at radius 2 is 1.67 bits per heavy atom. The first-order chi connectivity index (χ1) is 11.3. The molecule has 0 spiro atoms. The number of para-hydroxylation sites is 2. The molecule has 0 aliphatic heterocycles. The highest BCUT2D eigenvalue weighted by Gasteiger charge is 2.20. The van der Waals surface area contributed by atoms with Crippen LogP contribution in [0.1, 0.15) is 42.3 Å². The Hall–Kier alpha value is -2.49. The average Bonchev–Trinajstić information content (AvgIpc) is 2.52. The van der Waals surface area contributed by atoms with Gasteiger partial charge in [-0.1, -0.05) is 51.1 Å². The number of benzene rings is 2. The second-order valence-corrected chi connectivity index (χ2v) is 6.70. The van der Waals surface area contributed by atoms with Crippen molar-refractivity contribution in [3.05, 3.63) is 59.2 Å². The molecule has 0 saturated heterocycles. The standard InChI is InChI=1S/C20H24O4/c1-14-8-7-10-16(20(2,3)4)18(14)24-13-12-23-17-11-6-5-9-15(17)19(21)22/h5-11H,12-13H2,1-4H3,(H,21,22). The summed E-state index contributed by atoms with van der Waals surface area (Å²) in [4.78, 5) is 11.2. The van der Waals surface area contributed by atoms with Crippen molar-refractivity contribution in [2.75, 3.05) is 13.2 Å². The number of aryl methyl sites for hydroxylation is 1. The van der Waals surface area contributed by atoms with Gasteiger partial charge in [-0.05, 0) is 35.6 Å². The topological polar surface area (TPSA) is 55.8 Å². The molecular weight excluding hydrogens is 304 g/mol. The van der Waals surface area contributed by atoms with E-state index in [1.807, 2.05) is 19.1 Å². The molecule has 0 saturated carbocycles. The van der Waals surface area contributed by atoms with Gasteiger partial charge >= 0.3 is 5.97 Å². The SMILES string of the molecule is Cc1cccc(C(C)(C)C)c1OCCOc1ccccc1C(=O)O. The zero-order valence-corrected chi connectivity index (χ0v) is 14.6. The van der Waals surface area contributed by atoms with Gasteiger partial charge in [0.2, 0.25) is 0 Å². The number of carboxylic acid groups (broad SMARTS) is 1. The van der Waals surface area contributed by atoms with Crippen molar-refractivity contribution in [1.82, 2.24) is 0 Å². The molecule has 2 rings (SSSR count). The van der Waals surface area contributed by atoms with Crippen LogP contribution >= 0.6 is 0 Å². The molecule has 128 valence electrons. The summed E-state index contributed by atoms with van der Waals surface area (Å²) in [5, 5.41) is 9.15. The lowest BCUT2D eigenvalue weighted by atomic mass is 9.85. The third kappa shape index (κ3) is 4.28. The molecule has 0 aliphatic rings. The molecule has 24 heavy (non-hydrogen) atoms. The Bertz CT molecular complexity index is 714. The predicted octanol–water partition coefficient (Wildman–Crippen LogP) is 4.45. The molecule has 0 unspecified atom stereocenters. The van der Waals surface area contributed by atoms with Crippen LogP contribution < -0.4 is 9.47 Å². The normalized spacial score (nSPS) is 11.2. The number of carbonyl (C=O) groups is 1. The van der Waals surface area contributed by atoms with Crippen LogP contribution in [0.15, 0.2) is 42.5 Å². The summed E-state index contributed by atoms with van der Waals surface area (Å²) < 4.78 is 11.5. The van der Waals surface area contributed by atoms with Crippen LogP contribution in [0.3, 0.4) is 0 Å². The fraction of sp³-hybridized carbons (Fsp3) is 0.350. The zero-order chi connectivity index (χ0) is 17.7. The van der Waals surface area contributed by atoms with E-state index in [1.54, 1.807) is 18.2 Å². The molecule has 0 bridgehead atoms. The summed E-state index contributed by atoms with van der Waals surface area (Å²) in [5.41, 5.74) is 2.36. The summed E-state index contributed by atoms with van der Waals surface area (Å²) >= 11 is 0. The van der Waals surface area contributed by atoms with Crippen molar-refractivity contribution in [2.24, 2.45) is 0 Å². The molecule has 4 nitrogen and oxygen atoms in total. The number of ether oxygens (including phenoxy) is 2. The minimum atomic E-state index is -1.000. The smallest absolute Gasteiger partial charge is 0.339 e. The van der Waals surface area contributed by atoms with E-state index in [0.29, 0.717) is 12.4 Å². The lowest BCUT2D eigenvalue weighted by Gasteiger charge is -2.24. The lowest BCUT2D eigenvalue weighted by molar-refractivity contribution is 0.0691. The number of hydrogen-bond acceptors (Lipinski definition) is 3. The quantitative estimate of drug-likeness (QED) is 0.796. The highest BCUT2D eigenvalue weighted by Crippen LogP contribution is 2.33. The molecule has 2 aromatic rings. The summed E-state index contributed by atoms with van der Waals surface area (Å²) in [6.45, 7) is 9.09. The maximum absolute atomic E-state index is 11.2. The van der Waals surface area contributed by atoms with E-state index in [2.05, 4.69) is 26.8 Å².